The molecule has 1 N–H and O–H groups in total. The molecule has 0 unspecified atom stereocenters. The summed E-state index contributed by atoms with van der Waals surface area (Å²) in [5, 5.41) is 9.22. The Labute approximate surface area is 118 Å². The molecular weight excluding hydrogens is 256 g/mol. The molecule has 108 valence electrons. The number of hydrogen-bond acceptors (Lipinski definition) is 3. The number of rotatable bonds is 2. The second-order valence-corrected chi connectivity index (χ2v) is 6.39. The van der Waals surface area contributed by atoms with E-state index in [9.17, 15) is 14.7 Å². The van der Waals surface area contributed by atoms with E-state index in [0.29, 0.717) is 31.5 Å². The zero-order chi connectivity index (χ0) is 14.9. The highest BCUT2D eigenvalue weighted by Crippen LogP contribution is 2.25. The van der Waals surface area contributed by atoms with E-state index in [0.717, 1.165) is 5.69 Å². The summed E-state index contributed by atoms with van der Waals surface area (Å²) in [5.74, 6) is -0.892. The van der Waals surface area contributed by atoms with Crippen LogP contribution in [0, 0.1) is 5.41 Å². The van der Waals surface area contributed by atoms with Crippen molar-refractivity contribution in [2.45, 2.75) is 40.2 Å². The van der Waals surface area contributed by atoms with Gasteiger partial charge in [0.1, 0.15) is 0 Å². The van der Waals surface area contributed by atoms with Gasteiger partial charge in [0.15, 0.2) is 0 Å². The van der Waals surface area contributed by atoms with Crippen molar-refractivity contribution in [2.75, 3.05) is 6.54 Å². The van der Waals surface area contributed by atoms with Crippen LogP contribution in [0.2, 0.25) is 0 Å². The second-order valence-electron chi connectivity index (χ2n) is 6.39. The third-order valence-corrected chi connectivity index (χ3v) is 3.38. The lowest BCUT2D eigenvalue weighted by Crippen LogP contribution is -2.38. The van der Waals surface area contributed by atoms with Gasteiger partial charge in [-0.05, 0) is 11.5 Å². The molecule has 1 aromatic rings. The smallest absolute Gasteiger partial charge is 0.336 e. The molecule has 1 amide bonds. The molecule has 2 rings (SSSR count). The monoisotopic (exact) mass is 276 g/mol. The van der Waals surface area contributed by atoms with Gasteiger partial charge in [-0.3, -0.25) is 9.78 Å². The number of aromatic nitrogens is 1. The van der Waals surface area contributed by atoms with Gasteiger partial charge < -0.3 is 10.0 Å². The van der Waals surface area contributed by atoms with E-state index >= 15 is 0 Å². The van der Waals surface area contributed by atoms with Gasteiger partial charge >= 0.3 is 5.97 Å². The SMILES string of the molecule is CC(C)(C)CC(=O)N1CCc2nccc(C(=O)O)c2C1. The molecule has 0 fully saturated rings. The van der Waals surface area contributed by atoms with E-state index in [2.05, 4.69) is 4.98 Å². The van der Waals surface area contributed by atoms with Gasteiger partial charge in [0.2, 0.25) is 5.91 Å². The molecule has 0 radical (unpaired) electrons. The van der Waals surface area contributed by atoms with Crippen LogP contribution >= 0.6 is 0 Å². The molecule has 1 aromatic heterocycles. The van der Waals surface area contributed by atoms with E-state index in [1.807, 2.05) is 20.8 Å². The topological polar surface area (TPSA) is 70.5 Å². The molecule has 0 aliphatic carbocycles. The van der Waals surface area contributed by atoms with Crippen LogP contribution in [0.5, 0.6) is 0 Å². The van der Waals surface area contributed by atoms with Crippen LogP contribution in [0.15, 0.2) is 12.3 Å². The van der Waals surface area contributed by atoms with E-state index in [4.69, 9.17) is 0 Å². The second kappa shape index (κ2) is 5.23. The average Bonchev–Trinajstić information content (AvgIpc) is 2.35. The Morgan fingerprint density at radius 2 is 2.10 bits per heavy atom. The molecule has 0 atom stereocenters. The predicted octanol–water partition coefficient (Wildman–Crippen LogP) is 2.10. The van der Waals surface area contributed by atoms with E-state index < -0.39 is 5.97 Å². The number of carboxylic acid groups (broad SMARTS) is 1. The Balaban J connectivity index is 2.22. The number of fused-ring (bicyclic) bond motifs is 1. The minimum absolute atomic E-state index is 0.0675. The summed E-state index contributed by atoms with van der Waals surface area (Å²) < 4.78 is 0. The summed E-state index contributed by atoms with van der Waals surface area (Å²) in [5.41, 5.74) is 1.66. The first-order valence-corrected chi connectivity index (χ1v) is 6.76. The number of hydrogen-bond donors (Lipinski definition) is 1. The van der Waals surface area contributed by atoms with Crippen molar-refractivity contribution in [3.05, 3.63) is 29.1 Å². The number of aromatic carboxylic acids is 1. The normalized spacial score (nSPS) is 14.8. The summed E-state index contributed by atoms with van der Waals surface area (Å²) >= 11 is 0. The van der Waals surface area contributed by atoms with Crippen molar-refractivity contribution in [2.24, 2.45) is 5.41 Å². The van der Waals surface area contributed by atoms with Crippen molar-refractivity contribution < 1.29 is 14.7 Å². The number of nitrogens with zero attached hydrogens (tertiary/aromatic N) is 2. The molecule has 2 heterocycles. The van der Waals surface area contributed by atoms with Gasteiger partial charge in [-0.25, -0.2) is 4.79 Å². The third-order valence-electron chi connectivity index (χ3n) is 3.38. The number of carbonyl (C=O) groups is 2. The Hall–Kier alpha value is -1.91. The van der Waals surface area contributed by atoms with Gasteiger partial charge in [0.05, 0.1) is 5.56 Å². The van der Waals surface area contributed by atoms with Gasteiger partial charge in [-0.15, -0.1) is 0 Å². The first-order valence-electron chi connectivity index (χ1n) is 6.76. The Morgan fingerprint density at radius 1 is 1.40 bits per heavy atom. The summed E-state index contributed by atoms with van der Waals surface area (Å²) in [4.78, 5) is 29.5. The van der Waals surface area contributed by atoms with Crippen LogP contribution in [-0.4, -0.2) is 33.4 Å². The van der Waals surface area contributed by atoms with Crippen molar-refractivity contribution in [1.82, 2.24) is 9.88 Å². The zero-order valence-corrected chi connectivity index (χ0v) is 12.1. The molecule has 20 heavy (non-hydrogen) atoms. The van der Waals surface area contributed by atoms with Crippen LogP contribution in [0.3, 0.4) is 0 Å². The van der Waals surface area contributed by atoms with Crippen LogP contribution in [0.25, 0.3) is 0 Å². The molecule has 1 aliphatic rings. The number of carboxylic acids is 1. The van der Waals surface area contributed by atoms with Gasteiger partial charge in [-0.2, -0.15) is 0 Å². The lowest BCUT2D eigenvalue weighted by atomic mass is 9.91. The fourth-order valence-electron chi connectivity index (χ4n) is 2.42. The molecule has 0 aromatic carbocycles. The lowest BCUT2D eigenvalue weighted by Gasteiger charge is -2.31. The standard InChI is InChI=1S/C15H20N2O3/c1-15(2,3)8-13(18)17-7-5-12-11(9-17)10(14(19)20)4-6-16-12/h4,6H,5,7-9H2,1-3H3,(H,19,20). The Kier molecular flexibility index (Phi) is 3.79. The highest BCUT2D eigenvalue weighted by atomic mass is 16.4. The molecule has 1 aliphatic heterocycles. The molecule has 5 nitrogen and oxygen atoms in total. The van der Waals surface area contributed by atoms with E-state index in [1.54, 1.807) is 4.90 Å². The lowest BCUT2D eigenvalue weighted by molar-refractivity contribution is -0.134. The first-order chi connectivity index (χ1) is 9.28. The molecule has 5 heteroatoms. The quantitative estimate of drug-likeness (QED) is 0.898. The van der Waals surface area contributed by atoms with Crippen LogP contribution in [-0.2, 0) is 17.8 Å². The maximum atomic E-state index is 12.3. The summed E-state index contributed by atoms with van der Waals surface area (Å²) in [6, 6.07) is 1.50. The van der Waals surface area contributed by atoms with Gasteiger partial charge in [0, 0.05) is 43.4 Å². The van der Waals surface area contributed by atoms with Crippen molar-refractivity contribution in [3.8, 4) is 0 Å². The number of pyridine rings is 1. The Bertz CT molecular complexity index is 547. The number of amides is 1. The molecule has 0 spiro atoms. The van der Waals surface area contributed by atoms with Crippen molar-refractivity contribution in [3.63, 3.8) is 0 Å². The van der Waals surface area contributed by atoms with Crippen molar-refractivity contribution in [1.29, 1.82) is 0 Å². The average molecular weight is 276 g/mol. The van der Waals surface area contributed by atoms with Crippen LogP contribution in [0.1, 0.15) is 48.8 Å². The molecular formula is C15H20N2O3. The summed E-state index contributed by atoms with van der Waals surface area (Å²) in [6.07, 6.45) is 2.60. The fourth-order valence-corrected chi connectivity index (χ4v) is 2.42. The third kappa shape index (κ3) is 3.15. The van der Waals surface area contributed by atoms with E-state index in [1.165, 1.54) is 12.3 Å². The predicted molar refractivity (Wildman–Crippen MR) is 74.4 cm³/mol. The van der Waals surface area contributed by atoms with E-state index in [-0.39, 0.29) is 16.9 Å². The van der Waals surface area contributed by atoms with Crippen molar-refractivity contribution >= 4 is 11.9 Å². The minimum Gasteiger partial charge on any atom is -0.478 e. The number of carbonyl (C=O) groups excluding carboxylic acids is 1. The minimum atomic E-state index is -0.964. The summed E-state index contributed by atoms with van der Waals surface area (Å²) in [6.45, 7) is 7.02. The summed E-state index contributed by atoms with van der Waals surface area (Å²) in [7, 11) is 0. The molecule has 0 bridgehead atoms. The van der Waals surface area contributed by atoms with Crippen LogP contribution in [0.4, 0.5) is 0 Å². The largest absolute Gasteiger partial charge is 0.478 e. The highest BCUT2D eigenvalue weighted by Gasteiger charge is 2.27. The molecule has 0 saturated heterocycles. The Morgan fingerprint density at radius 3 is 2.70 bits per heavy atom. The molecule has 0 saturated carbocycles. The van der Waals surface area contributed by atoms with Gasteiger partial charge in [0.25, 0.3) is 0 Å². The van der Waals surface area contributed by atoms with Crippen LogP contribution < -0.4 is 0 Å². The first kappa shape index (κ1) is 14.5. The zero-order valence-electron chi connectivity index (χ0n) is 12.1. The fraction of sp³-hybridized carbons (Fsp3) is 0.533. The maximum Gasteiger partial charge on any atom is 0.336 e. The van der Waals surface area contributed by atoms with Gasteiger partial charge in [-0.1, -0.05) is 20.8 Å². The maximum absolute atomic E-state index is 12.3. The highest BCUT2D eigenvalue weighted by molar-refractivity contribution is 5.90.